The van der Waals surface area contributed by atoms with Crippen molar-refractivity contribution in [2.75, 3.05) is 24.5 Å². The molecule has 34 heavy (non-hydrogen) atoms. The Morgan fingerprint density at radius 3 is 2.68 bits per heavy atom. The number of rotatable bonds is 2. The Morgan fingerprint density at radius 1 is 1.18 bits per heavy atom. The number of carbonyl (C=O) groups is 1. The van der Waals surface area contributed by atoms with Crippen molar-refractivity contribution in [2.45, 2.75) is 13.0 Å². The molecule has 7 nitrogen and oxygen atoms in total. The summed E-state index contributed by atoms with van der Waals surface area (Å²) in [7, 11) is 0. The second-order valence-corrected chi connectivity index (χ2v) is 7.82. The molecule has 3 heterocycles. The number of carboxylic acid groups (broad SMARTS) is 1. The summed E-state index contributed by atoms with van der Waals surface area (Å²) in [5.41, 5.74) is 0.357. The van der Waals surface area contributed by atoms with Crippen LogP contribution in [0.5, 0.6) is 0 Å². The summed E-state index contributed by atoms with van der Waals surface area (Å²) in [5, 5.41) is 13.3. The highest BCUT2D eigenvalue weighted by atomic mass is 35.5. The molecule has 5 rings (SSSR count). The van der Waals surface area contributed by atoms with E-state index in [-0.39, 0.29) is 28.1 Å². The van der Waals surface area contributed by atoms with Crippen molar-refractivity contribution in [1.29, 1.82) is 0 Å². The minimum atomic E-state index is -1.43. The first-order valence-electron chi connectivity index (χ1n) is 10.4. The average Bonchev–Trinajstić information content (AvgIpc) is 2.81. The Hall–Kier alpha value is -3.56. The topological polar surface area (TPSA) is 87.5 Å². The quantitative estimate of drug-likeness (QED) is 0.414. The van der Waals surface area contributed by atoms with Crippen molar-refractivity contribution in [3.05, 3.63) is 82.5 Å². The Kier molecular flexibility index (Phi) is 7.80. The van der Waals surface area contributed by atoms with E-state index in [0.717, 1.165) is 36.9 Å². The maximum absolute atomic E-state index is 14.1. The van der Waals surface area contributed by atoms with Crippen LogP contribution in [0.4, 0.5) is 14.6 Å². The van der Waals surface area contributed by atoms with Crippen LogP contribution in [0, 0.1) is 5.95 Å². The van der Waals surface area contributed by atoms with E-state index < -0.39 is 22.9 Å². The van der Waals surface area contributed by atoms with E-state index >= 15 is 0 Å². The number of aromatic nitrogens is 2. The van der Waals surface area contributed by atoms with E-state index in [1.165, 1.54) is 12.1 Å². The van der Waals surface area contributed by atoms with Gasteiger partial charge in [0.2, 0.25) is 11.4 Å². The van der Waals surface area contributed by atoms with Gasteiger partial charge in [-0.25, -0.2) is 9.78 Å². The predicted molar refractivity (Wildman–Crippen MR) is 130 cm³/mol. The van der Waals surface area contributed by atoms with Gasteiger partial charge in [0.15, 0.2) is 0 Å². The molecule has 1 atom stereocenters. The molecule has 0 bridgehead atoms. The van der Waals surface area contributed by atoms with Gasteiger partial charge in [-0.1, -0.05) is 22.7 Å². The largest absolute Gasteiger partial charge is 0.477 e. The van der Waals surface area contributed by atoms with Crippen molar-refractivity contribution in [1.82, 2.24) is 15.1 Å². The summed E-state index contributed by atoms with van der Waals surface area (Å²) >= 11 is 0. The molecule has 1 aliphatic heterocycles. The molecule has 0 saturated carbocycles. The van der Waals surface area contributed by atoms with Crippen LogP contribution in [0.1, 0.15) is 17.3 Å². The first-order valence-corrected chi connectivity index (χ1v) is 10.4. The third kappa shape index (κ3) is 5.32. The molecule has 178 valence electrons. The fourth-order valence-electron chi connectivity index (χ4n) is 3.83. The van der Waals surface area contributed by atoms with Gasteiger partial charge in [0.1, 0.15) is 5.56 Å². The van der Waals surface area contributed by atoms with Gasteiger partial charge in [0, 0.05) is 42.1 Å². The molecule has 0 amide bonds. The van der Waals surface area contributed by atoms with Crippen molar-refractivity contribution < 1.29 is 18.8 Å². The number of halogens is 3. The predicted octanol–water partition coefficient (Wildman–Crippen LogP) is 4.03. The number of pyridine rings is 2. The number of hydrogen-bond acceptors (Lipinski definition) is 5. The fourth-order valence-corrected chi connectivity index (χ4v) is 3.83. The second kappa shape index (κ2) is 10.6. The monoisotopic (exact) mass is 488 g/mol. The van der Waals surface area contributed by atoms with Crippen LogP contribution in [-0.4, -0.2) is 46.5 Å². The van der Waals surface area contributed by atoms with E-state index in [0.29, 0.717) is 11.6 Å². The lowest BCUT2D eigenvalue weighted by molar-refractivity contribution is 0.0693. The number of nitrogens with zero attached hydrogens (tertiary/aromatic N) is 3. The molecule has 0 aliphatic carbocycles. The molecular weight excluding hydrogens is 466 g/mol. The van der Waals surface area contributed by atoms with Crippen molar-refractivity contribution in [2.24, 2.45) is 0 Å². The molecule has 0 spiro atoms. The summed E-state index contributed by atoms with van der Waals surface area (Å²) in [6, 6.07) is 15.7. The first-order chi connectivity index (χ1) is 15.8. The summed E-state index contributed by atoms with van der Waals surface area (Å²) in [6.45, 7) is 4.48. The zero-order chi connectivity index (χ0) is 23.5. The number of piperazine rings is 1. The van der Waals surface area contributed by atoms with Crippen LogP contribution in [-0.2, 0) is 0 Å². The third-order valence-electron chi connectivity index (χ3n) is 5.47. The molecule has 10 heteroatoms. The lowest BCUT2D eigenvalue weighted by Gasteiger charge is -2.33. The number of hydrogen-bond donors (Lipinski definition) is 2. The Balaban J connectivity index is 0.000000227. The van der Waals surface area contributed by atoms with Gasteiger partial charge in [-0.05, 0) is 43.3 Å². The van der Waals surface area contributed by atoms with Gasteiger partial charge in [-0.3, -0.25) is 4.79 Å². The van der Waals surface area contributed by atoms with Crippen LogP contribution in [0.25, 0.3) is 21.8 Å². The van der Waals surface area contributed by atoms with Gasteiger partial charge >= 0.3 is 5.97 Å². The van der Waals surface area contributed by atoms with Gasteiger partial charge < -0.3 is 15.3 Å². The highest BCUT2D eigenvalue weighted by Gasteiger charge is 2.19. The summed E-state index contributed by atoms with van der Waals surface area (Å²) in [5.74, 6) is -1.86. The van der Waals surface area contributed by atoms with Crippen LogP contribution in [0.2, 0.25) is 0 Å². The average molecular weight is 489 g/mol. The molecule has 2 aromatic heterocycles. The number of benzene rings is 2. The number of carboxylic acids is 1. The second-order valence-electron chi connectivity index (χ2n) is 7.82. The van der Waals surface area contributed by atoms with E-state index in [9.17, 15) is 18.5 Å². The van der Waals surface area contributed by atoms with Crippen LogP contribution >= 0.6 is 12.4 Å². The summed E-state index contributed by atoms with van der Waals surface area (Å²) < 4.78 is 26.6. The van der Waals surface area contributed by atoms with Crippen molar-refractivity contribution in [3.8, 4) is 0 Å². The molecule has 1 saturated heterocycles. The van der Waals surface area contributed by atoms with Crippen LogP contribution < -0.4 is 15.6 Å². The van der Waals surface area contributed by atoms with E-state index in [1.54, 1.807) is 24.3 Å². The molecule has 1 fully saturated rings. The molecule has 2 aromatic carbocycles. The summed E-state index contributed by atoms with van der Waals surface area (Å²) in [6.07, 6.45) is 0.719. The number of anilines is 1. The van der Waals surface area contributed by atoms with Gasteiger partial charge in [-0.15, -0.1) is 12.4 Å². The molecule has 2 N–H and O–H groups in total. The first kappa shape index (κ1) is 25.1. The van der Waals surface area contributed by atoms with Crippen molar-refractivity contribution in [3.63, 3.8) is 0 Å². The van der Waals surface area contributed by atoms with Gasteiger partial charge in [0.25, 0.3) is 0 Å². The highest BCUT2D eigenvalue weighted by molar-refractivity contribution is 5.93. The molecule has 1 aliphatic rings. The van der Waals surface area contributed by atoms with Crippen LogP contribution in [0.3, 0.4) is 0 Å². The molecule has 4 aromatic rings. The van der Waals surface area contributed by atoms with Gasteiger partial charge in [0.05, 0.1) is 17.2 Å². The maximum Gasteiger partial charge on any atom is 0.341 e. The van der Waals surface area contributed by atoms with E-state index in [2.05, 4.69) is 22.1 Å². The lowest BCUT2D eigenvalue weighted by atomic mass is 10.1. The zero-order valence-corrected chi connectivity index (χ0v) is 19.1. The smallest absolute Gasteiger partial charge is 0.341 e. The number of aromatic carboxylic acids is 1. The minimum Gasteiger partial charge on any atom is -0.477 e. The molecular formula is C24H23ClF2N4O3. The minimum absolute atomic E-state index is 0. The lowest BCUT2D eigenvalue weighted by Crippen LogP contribution is -2.49. The SMILES string of the molecule is CC1CN(c2ccc3c(=O)c(C(=O)O)cn(F)c3c2)CCN1.Cl.Fc1ccc2ccccc2n1. The Bertz CT molecular complexity index is 1400. The van der Waals surface area contributed by atoms with E-state index in [1.807, 2.05) is 18.2 Å². The normalized spacial score (nSPS) is 15.4. The number of nitrogens with one attached hydrogen (secondary N) is 1. The van der Waals surface area contributed by atoms with Crippen molar-refractivity contribution >= 4 is 45.9 Å². The highest BCUT2D eigenvalue weighted by Crippen LogP contribution is 2.22. The van der Waals surface area contributed by atoms with Crippen LogP contribution in [0.15, 0.2) is 65.6 Å². The van der Waals surface area contributed by atoms with Gasteiger partial charge in [-0.2, -0.15) is 9.18 Å². The third-order valence-corrected chi connectivity index (χ3v) is 5.47. The maximum atomic E-state index is 14.1. The summed E-state index contributed by atoms with van der Waals surface area (Å²) in [4.78, 5) is 29.1. The van der Waals surface area contributed by atoms with E-state index in [4.69, 9.17) is 5.11 Å². The Morgan fingerprint density at radius 2 is 1.94 bits per heavy atom. The number of para-hydroxylation sites is 1. The fraction of sp³-hybridized carbons (Fsp3) is 0.208. The zero-order valence-electron chi connectivity index (χ0n) is 18.2. The molecule has 0 radical (unpaired) electrons. The Labute approximate surface area is 200 Å². The number of fused-ring (bicyclic) bond motifs is 2. The molecule has 1 unspecified atom stereocenters. The standard InChI is InChI=1S/C15H16FN3O3.C9H6FN.ClH/c1-9-7-18(5-4-17-9)10-2-3-11-13(6-10)19(16)8-12(14(11)20)15(21)22;10-9-6-5-7-3-1-2-4-8(7)11-9;/h2-3,6,8-9,17H,4-5,7H2,1H3,(H,21,22);1-6H;1H.